The van der Waals surface area contributed by atoms with Crippen LogP contribution in [-0.2, 0) is 16.9 Å². The topological polar surface area (TPSA) is 47.0 Å². The van der Waals surface area contributed by atoms with Crippen molar-refractivity contribution in [3.05, 3.63) is 23.8 Å². The van der Waals surface area contributed by atoms with E-state index in [-0.39, 0.29) is 5.60 Å². The molecule has 1 saturated carbocycles. The van der Waals surface area contributed by atoms with Crippen molar-refractivity contribution in [1.29, 1.82) is 0 Å². The summed E-state index contributed by atoms with van der Waals surface area (Å²) in [6, 6.07) is 1.94. The third kappa shape index (κ3) is 2.08. The van der Waals surface area contributed by atoms with Crippen LogP contribution >= 0.6 is 0 Å². The molecule has 1 heterocycles. The van der Waals surface area contributed by atoms with Crippen LogP contribution in [0.5, 0.6) is 0 Å². The van der Waals surface area contributed by atoms with E-state index < -0.39 is 0 Å². The van der Waals surface area contributed by atoms with Crippen LogP contribution in [-0.4, -0.2) is 24.1 Å². The summed E-state index contributed by atoms with van der Waals surface area (Å²) >= 11 is 0. The minimum absolute atomic E-state index is 0.232. The van der Waals surface area contributed by atoms with Crippen LogP contribution in [0, 0.1) is 0 Å². The highest BCUT2D eigenvalue weighted by molar-refractivity contribution is 5.10. The van der Waals surface area contributed by atoms with Crippen molar-refractivity contribution in [2.24, 2.45) is 0 Å². The first kappa shape index (κ1) is 11.5. The molecule has 0 spiro atoms. The fourth-order valence-corrected chi connectivity index (χ4v) is 2.36. The van der Waals surface area contributed by atoms with Crippen molar-refractivity contribution in [2.75, 3.05) is 14.2 Å². The van der Waals surface area contributed by atoms with Crippen molar-refractivity contribution in [2.45, 2.75) is 37.8 Å². The van der Waals surface area contributed by atoms with Gasteiger partial charge in [-0.3, -0.25) is 0 Å². The fourth-order valence-electron chi connectivity index (χ4n) is 2.36. The molecule has 16 heavy (non-hydrogen) atoms. The first-order chi connectivity index (χ1) is 7.80. The Hall–Kier alpha value is -1.00. The third-order valence-electron chi connectivity index (χ3n) is 3.28. The van der Waals surface area contributed by atoms with Gasteiger partial charge in [0.15, 0.2) is 5.82 Å². The Morgan fingerprint density at radius 2 is 2.19 bits per heavy atom. The molecule has 1 aromatic heterocycles. The summed E-state index contributed by atoms with van der Waals surface area (Å²) in [6.07, 6.45) is 6.30. The molecule has 88 valence electrons. The van der Waals surface area contributed by atoms with Gasteiger partial charge in [0.1, 0.15) is 5.60 Å². The van der Waals surface area contributed by atoms with Gasteiger partial charge in [0.25, 0.3) is 0 Å². The molecule has 2 rings (SSSR count). The summed E-state index contributed by atoms with van der Waals surface area (Å²) in [6.45, 7) is 0.773. The first-order valence-corrected chi connectivity index (χ1v) is 5.83. The molecule has 1 N–H and O–H groups in total. The molecule has 0 saturated heterocycles. The van der Waals surface area contributed by atoms with Crippen molar-refractivity contribution in [3.63, 3.8) is 0 Å². The second kappa shape index (κ2) is 4.89. The van der Waals surface area contributed by atoms with Crippen LogP contribution in [0.25, 0.3) is 0 Å². The summed E-state index contributed by atoms with van der Waals surface area (Å²) in [5.41, 5.74) is 0.792. The van der Waals surface area contributed by atoms with Gasteiger partial charge < -0.3 is 10.1 Å². The summed E-state index contributed by atoms with van der Waals surface area (Å²) < 4.78 is 5.67. The molecule has 0 radical (unpaired) electrons. The predicted octanol–water partition coefficient (Wildman–Crippen LogP) is 1.61. The molecule has 4 nitrogen and oxygen atoms in total. The number of hydrogen-bond acceptors (Lipinski definition) is 4. The van der Waals surface area contributed by atoms with E-state index in [1.807, 2.05) is 19.3 Å². The molecule has 0 aromatic carbocycles. The molecule has 1 aliphatic carbocycles. The van der Waals surface area contributed by atoms with Gasteiger partial charge in [-0.1, -0.05) is 0 Å². The van der Waals surface area contributed by atoms with Crippen LogP contribution in [0.15, 0.2) is 12.3 Å². The van der Waals surface area contributed by atoms with Crippen LogP contribution in [0.1, 0.15) is 37.2 Å². The number of aromatic nitrogens is 2. The van der Waals surface area contributed by atoms with Gasteiger partial charge >= 0.3 is 0 Å². The Bertz CT molecular complexity index is 348. The SMILES string of the molecule is CNCc1ccnc(C2(OC)CCCC2)n1. The summed E-state index contributed by atoms with van der Waals surface area (Å²) in [5, 5.41) is 3.10. The zero-order chi connectivity index (χ0) is 11.4. The van der Waals surface area contributed by atoms with Gasteiger partial charge in [0, 0.05) is 19.9 Å². The Morgan fingerprint density at radius 1 is 1.44 bits per heavy atom. The molecule has 0 atom stereocenters. The van der Waals surface area contributed by atoms with Crippen LogP contribution in [0.4, 0.5) is 0 Å². The Balaban J connectivity index is 2.27. The molecule has 0 aliphatic heterocycles. The van der Waals surface area contributed by atoms with Crippen LogP contribution < -0.4 is 5.32 Å². The minimum atomic E-state index is -0.232. The molecular formula is C12H19N3O. The average Bonchev–Trinajstić information content (AvgIpc) is 2.80. The van der Waals surface area contributed by atoms with Gasteiger partial charge in [0.05, 0.1) is 5.69 Å². The maximum Gasteiger partial charge on any atom is 0.160 e. The minimum Gasteiger partial charge on any atom is -0.370 e. The molecule has 4 heteroatoms. The highest BCUT2D eigenvalue weighted by Crippen LogP contribution is 2.39. The first-order valence-electron chi connectivity index (χ1n) is 5.83. The number of nitrogens with zero attached hydrogens (tertiary/aromatic N) is 2. The van der Waals surface area contributed by atoms with Gasteiger partial charge in [-0.15, -0.1) is 0 Å². The molecule has 1 aromatic rings. The van der Waals surface area contributed by atoms with Gasteiger partial charge in [-0.05, 0) is 38.8 Å². The van der Waals surface area contributed by atoms with Crippen molar-refractivity contribution in [1.82, 2.24) is 15.3 Å². The van der Waals surface area contributed by atoms with Crippen LogP contribution in [0.2, 0.25) is 0 Å². The molecular weight excluding hydrogens is 202 g/mol. The quantitative estimate of drug-likeness (QED) is 0.839. The largest absolute Gasteiger partial charge is 0.370 e. The Kier molecular flexibility index (Phi) is 3.51. The average molecular weight is 221 g/mol. The normalized spacial score (nSPS) is 18.9. The lowest BCUT2D eigenvalue weighted by Gasteiger charge is -2.25. The van der Waals surface area contributed by atoms with Crippen molar-refractivity contribution < 1.29 is 4.74 Å². The van der Waals surface area contributed by atoms with E-state index >= 15 is 0 Å². The Labute approximate surface area is 96.4 Å². The predicted molar refractivity (Wildman–Crippen MR) is 62.0 cm³/mol. The summed E-state index contributed by atoms with van der Waals surface area (Å²) in [5.74, 6) is 0.847. The lowest BCUT2D eigenvalue weighted by molar-refractivity contribution is -0.0164. The van der Waals surface area contributed by atoms with E-state index in [1.165, 1.54) is 12.8 Å². The standard InChI is InChI=1S/C12H19N3O/c1-13-9-10-5-8-14-11(15-10)12(16-2)6-3-4-7-12/h5,8,13H,3-4,6-7,9H2,1-2H3. The van der Waals surface area contributed by atoms with Gasteiger partial charge in [0.2, 0.25) is 0 Å². The number of rotatable bonds is 4. The second-order valence-electron chi connectivity index (χ2n) is 4.31. The van der Waals surface area contributed by atoms with E-state index in [1.54, 1.807) is 7.11 Å². The van der Waals surface area contributed by atoms with E-state index in [0.717, 1.165) is 30.9 Å². The van der Waals surface area contributed by atoms with E-state index in [2.05, 4.69) is 15.3 Å². The van der Waals surface area contributed by atoms with Gasteiger partial charge in [-0.25, -0.2) is 9.97 Å². The molecule has 1 fully saturated rings. The van der Waals surface area contributed by atoms with E-state index in [0.29, 0.717) is 0 Å². The van der Waals surface area contributed by atoms with Crippen molar-refractivity contribution in [3.8, 4) is 0 Å². The Morgan fingerprint density at radius 3 is 2.81 bits per heavy atom. The molecule has 0 unspecified atom stereocenters. The zero-order valence-corrected chi connectivity index (χ0v) is 9.99. The van der Waals surface area contributed by atoms with Crippen molar-refractivity contribution >= 4 is 0 Å². The zero-order valence-electron chi connectivity index (χ0n) is 9.99. The summed E-state index contributed by atoms with van der Waals surface area (Å²) in [7, 11) is 3.68. The number of nitrogens with one attached hydrogen (secondary N) is 1. The van der Waals surface area contributed by atoms with E-state index in [9.17, 15) is 0 Å². The lowest BCUT2D eigenvalue weighted by Crippen LogP contribution is -2.28. The monoisotopic (exact) mass is 221 g/mol. The second-order valence-corrected chi connectivity index (χ2v) is 4.31. The molecule has 0 amide bonds. The van der Waals surface area contributed by atoms with Crippen LogP contribution in [0.3, 0.4) is 0 Å². The highest BCUT2D eigenvalue weighted by atomic mass is 16.5. The third-order valence-corrected chi connectivity index (χ3v) is 3.28. The smallest absolute Gasteiger partial charge is 0.160 e. The van der Waals surface area contributed by atoms with E-state index in [4.69, 9.17) is 4.74 Å². The fraction of sp³-hybridized carbons (Fsp3) is 0.667. The number of methoxy groups -OCH3 is 1. The highest BCUT2D eigenvalue weighted by Gasteiger charge is 2.38. The number of hydrogen-bond donors (Lipinski definition) is 1. The lowest BCUT2D eigenvalue weighted by atomic mass is 10.0. The molecule has 1 aliphatic rings. The summed E-state index contributed by atoms with van der Waals surface area (Å²) in [4.78, 5) is 8.97. The molecule has 0 bridgehead atoms. The maximum absolute atomic E-state index is 5.67. The maximum atomic E-state index is 5.67. The number of ether oxygens (including phenoxy) is 1. The van der Waals surface area contributed by atoms with Gasteiger partial charge in [-0.2, -0.15) is 0 Å².